The third kappa shape index (κ3) is 0.971. The van der Waals surface area contributed by atoms with E-state index in [-0.39, 0.29) is 0 Å². The number of allylic oxidation sites excluding steroid dienone is 10. The van der Waals surface area contributed by atoms with Gasteiger partial charge < -0.3 is 0 Å². The Morgan fingerprint density at radius 2 is 1.60 bits per heavy atom. The second-order valence-corrected chi connectivity index (χ2v) is 4.87. The molecule has 0 radical (unpaired) electrons. The highest BCUT2D eigenvalue weighted by Crippen LogP contribution is 2.49. The van der Waals surface area contributed by atoms with Gasteiger partial charge in [0.15, 0.2) is 0 Å². The van der Waals surface area contributed by atoms with Crippen LogP contribution in [0.5, 0.6) is 0 Å². The Bertz CT molecular complexity index is 528. The molecule has 15 heavy (non-hydrogen) atoms. The second-order valence-electron chi connectivity index (χ2n) is 4.87. The number of rotatable bonds is 0. The maximum Gasteiger partial charge on any atom is -0.00166 e. The molecular weight excluding hydrogens is 180 g/mol. The number of hydrogen-bond acceptors (Lipinski definition) is 0. The highest BCUT2D eigenvalue weighted by Gasteiger charge is 2.30. The summed E-state index contributed by atoms with van der Waals surface area (Å²) in [5.41, 5.74) is 12.0. The minimum Gasteiger partial charge on any atom is -0.0554 e. The van der Waals surface area contributed by atoms with Crippen LogP contribution in [0.3, 0.4) is 0 Å². The van der Waals surface area contributed by atoms with E-state index in [1.165, 1.54) is 39.0 Å². The van der Waals surface area contributed by atoms with Crippen molar-refractivity contribution in [3.05, 3.63) is 56.7 Å². The first-order valence-electron chi connectivity index (χ1n) is 5.61. The largest absolute Gasteiger partial charge is 0.0554 e. The van der Waals surface area contributed by atoms with Crippen LogP contribution in [0.4, 0.5) is 0 Å². The van der Waals surface area contributed by atoms with Gasteiger partial charge in [0.1, 0.15) is 0 Å². The molecule has 0 aromatic carbocycles. The summed E-state index contributed by atoms with van der Waals surface area (Å²) >= 11 is 0. The molecule has 0 saturated heterocycles. The summed E-state index contributed by atoms with van der Waals surface area (Å²) in [6.07, 6.45) is 5.87. The van der Waals surface area contributed by atoms with Gasteiger partial charge in [0, 0.05) is 0 Å². The van der Waals surface area contributed by atoms with Gasteiger partial charge in [-0.1, -0.05) is 12.2 Å². The van der Waals surface area contributed by atoms with Crippen molar-refractivity contribution in [3.8, 4) is 0 Å². The van der Waals surface area contributed by atoms with E-state index in [9.17, 15) is 0 Å². The molecule has 0 unspecified atom stereocenters. The highest BCUT2D eigenvalue weighted by atomic mass is 14.3. The van der Waals surface area contributed by atoms with Gasteiger partial charge >= 0.3 is 0 Å². The molecule has 0 aromatic rings. The Morgan fingerprint density at radius 3 is 2.33 bits per heavy atom. The van der Waals surface area contributed by atoms with Crippen LogP contribution >= 0.6 is 0 Å². The first-order valence-corrected chi connectivity index (χ1v) is 5.61. The molecule has 0 nitrogen and oxygen atoms in total. The summed E-state index contributed by atoms with van der Waals surface area (Å²) in [4.78, 5) is 0. The van der Waals surface area contributed by atoms with Crippen LogP contribution in [-0.2, 0) is 0 Å². The molecule has 0 atom stereocenters. The number of fused-ring (bicyclic) bond motifs is 4. The summed E-state index contributed by atoms with van der Waals surface area (Å²) in [6.45, 7) is 8.99. The van der Waals surface area contributed by atoms with Crippen LogP contribution in [0.2, 0.25) is 0 Å². The van der Waals surface area contributed by atoms with Crippen LogP contribution < -0.4 is 0 Å². The number of hydrogen-bond donors (Lipinski definition) is 0. The van der Waals surface area contributed by atoms with E-state index in [2.05, 4.69) is 39.8 Å². The Morgan fingerprint density at radius 1 is 0.867 bits per heavy atom. The lowest BCUT2D eigenvalue weighted by Crippen LogP contribution is -1.99. The maximum atomic E-state index is 2.38. The van der Waals surface area contributed by atoms with Gasteiger partial charge in [-0.15, -0.1) is 0 Å². The summed E-state index contributed by atoms with van der Waals surface area (Å²) in [5, 5.41) is 0. The molecule has 0 heterocycles. The third-order valence-electron chi connectivity index (χ3n) is 4.06. The van der Waals surface area contributed by atoms with Crippen molar-refractivity contribution in [2.45, 2.75) is 34.1 Å². The van der Waals surface area contributed by atoms with Gasteiger partial charge in [-0.2, -0.15) is 0 Å². The first kappa shape index (κ1) is 8.96. The molecule has 0 saturated carbocycles. The Balaban J connectivity index is 2.33. The maximum absolute atomic E-state index is 2.38. The molecule has 0 fully saturated rings. The Hall–Kier alpha value is -1.30. The molecule has 3 aliphatic carbocycles. The second kappa shape index (κ2) is 2.63. The van der Waals surface area contributed by atoms with Gasteiger partial charge in [0.2, 0.25) is 0 Å². The summed E-state index contributed by atoms with van der Waals surface area (Å²) < 4.78 is 0. The average molecular weight is 196 g/mol. The molecule has 0 aromatic heterocycles. The van der Waals surface area contributed by atoms with E-state index in [0.717, 1.165) is 6.42 Å². The van der Waals surface area contributed by atoms with Crippen molar-refractivity contribution in [1.82, 2.24) is 0 Å². The lowest BCUT2D eigenvalue weighted by Gasteiger charge is -2.17. The van der Waals surface area contributed by atoms with Crippen LogP contribution in [0.1, 0.15) is 34.1 Å². The molecule has 0 aliphatic heterocycles. The minimum atomic E-state index is 1.16. The van der Waals surface area contributed by atoms with Crippen molar-refractivity contribution in [3.63, 3.8) is 0 Å². The summed E-state index contributed by atoms with van der Waals surface area (Å²) in [5.74, 6) is 0. The lowest BCUT2D eigenvalue weighted by atomic mass is 9.87. The highest BCUT2D eigenvalue weighted by molar-refractivity contribution is 5.75. The zero-order valence-electron chi connectivity index (χ0n) is 9.86. The smallest absolute Gasteiger partial charge is 0.00166 e. The molecule has 2 bridgehead atoms. The Kier molecular flexibility index (Phi) is 1.57. The molecule has 76 valence electrons. The van der Waals surface area contributed by atoms with Gasteiger partial charge in [-0.3, -0.25) is 0 Å². The van der Waals surface area contributed by atoms with Gasteiger partial charge in [-0.05, 0) is 78.7 Å². The topological polar surface area (TPSA) is 0 Å². The molecule has 3 rings (SSSR count). The van der Waals surface area contributed by atoms with Crippen LogP contribution in [0, 0.1) is 0 Å². The zero-order valence-corrected chi connectivity index (χ0v) is 9.86. The average Bonchev–Trinajstić information content (AvgIpc) is 2.61. The molecular formula is C15H16. The molecule has 0 heteroatoms. The minimum absolute atomic E-state index is 1.16. The normalized spacial score (nSPS) is 23.7. The van der Waals surface area contributed by atoms with Gasteiger partial charge in [0.05, 0.1) is 0 Å². The quantitative estimate of drug-likeness (QED) is 0.543. The third-order valence-corrected chi connectivity index (χ3v) is 4.06. The standard InChI is InChI=1S/C15H16/c1-8-5-12-6-13(8)15-11(4)9(2)10(3)14(15)7-12/h5,7H,6H2,1-4H3. The fraction of sp³-hybridized carbons (Fsp3) is 0.333. The van der Waals surface area contributed by atoms with Crippen molar-refractivity contribution in [1.29, 1.82) is 0 Å². The van der Waals surface area contributed by atoms with Crippen molar-refractivity contribution in [2.75, 3.05) is 0 Å². The van der Waals surface area contributed by atoms with Crippen molar-refractivity contribution >= 4 is 0 Å². The predicted molar refractivity (Wildman–Crippen MR) is 64.6 cm³/mol. The van der Waals surface area contributed by atoms with Crippen molar-refractivity contribution in [2.24, 2.45) is 0 Å². The van der Waals surface area contributed by atoms with E-state index in [0.29, 0.717) is 0 Å². The van der Waals surface area contributed by atoms with E-state index in [4.69, 9.17) is 0 Å². The first-order chi connectivity index (χ1) is 7.09. The van der Waals surface area contributed by atoms with Crippen LogP contribution in [0.15, 0.2) is 56.7 Å². The van der Waals surface area contributed by atoms with E-state index < -0.39 is 0 Å². The lowest BCUT2D eigenvalue weighted by molar-refractivity contribution is 1.13. The SMILES string of the molecule is CC1=C2CC(=C1)C=C1C(C)=C(C)C(C)=C12. The van der Waals surface area contributed by atoms with Crippen molar-refractivity contribution < 1.29 is 0 Å². The van der Waals surface area contributed by atoms with Gasteiger partial charge in [-0.25, -0.2) is 0 Å². The van der Waals surface area contributed by atoms with E-state index in [1.807, 2.05) is 0 Å². The monoisotopic (exact) mass is 196 g/mol. The predicted octanol–water partition coefficient (Wildman–Crippen LogP) is 4.24. The fourth-order valence-electron chi connectivity index (χ4n) is 2.95. The molecule has 0 amide bonds. The van der Waals surface area contributed by atoms with Gasteiger partial charge in [0.25, 0.3) is 0 Å². The molecule has 3 aliphatic rings. The molecule has 0 N–H and O–H groups in total. The van der Waals surface area contributed by atoms with E-state index >= 15 is 0 Å². The van der Waals surface area contributed by atoms with E-state index in [1.54, 1.807) is 5.57 Å². The summed E-state index contributed by atoms with van der Waals surface area (Å²) in [7, 11) is 0. The zero-order chi connectivity index (χ0) is 10.7. The van der Waals surface area contributed by atoms with Crippen LogP contribution in [-0.4, -0.2) is 0 Å². The fourth-order valence-corrected chi connectivity index (χ4v) is 2.95. The van der Waals surface area contributed by atoms with Crippen LogP contribution in [0.25, 0.3) is 0 Å². The summed E-state index contributed by atoms with van der Waals surface area (Å²) in [6, 6.07) is 0. The molecule has 0 spiro atoms. The Labute approximate surface area is 91.4 Å².